The van der Waals surface area contributed by atoms with Crippen molar-refractivity contribution in [3.8, 4) is 0 Å². The maximum Gasteiger partial charge on any atom is 0.251 e. The summed E-state index contributed by atoms with van der Waals surface area (Å²) < 4.78 is 13.7. The fourth-order valence-corrected chi connectivity index (χ4v) is 3.06. The summed E-state index contributed by atoms with van der Waals surface area (Å²) in [7, 11) is 0. The molecular weight excluding hydrogens is 321 g/mol. The highest BCUT2D eigenvalue weighted by molar-refractivity contribution is 9.09. The molecule has 2 aromatic carbocycles. The third-order valence-corrected chi connectivity index (χ3v) is 4.78. The number of rotatable bonds is 4. The van der Waals surface area contributed by atoms with Gasteiger partial charge in [0.05, 0.1) is 0 Å². The van der Waals surface area contributed by atoms with Crippen molar-refractivity contribution in [2.75, 3.05) is 6.54 Å². The van der Waals surface area contributed by atoms with Gasteiger partial charge in [-0.2, -0.15) is 0 Å². The molecule has 1 N–H and O–H groups in total. The Kier molecular flexibility index (Phi) is 3.74. The van der Waals surface area contributed by atoms with Crippen LogP contribution in [-0.4, -0.2) is 17.3 Å². The lowest BCUT2D eigenvalue weighted by Crippen LogP contribution is -2.30. The number of alkyl halides is 1. The number of carbonyl (C=O) groups excluding carboxylic acids is 1. The van der Waals surface area contributed by atoms with E-state index in [9.17, 15) is 9.18 Å². The molecule has 20 heavy (non-hydrogen) atoms. The van der Waals surface area contributed by atoms with Crippen LogP contribution in [0.5, 0.6) is 0 Å². The SMILES string of the molecule is O=C(NCC(Br)C1CC1)c1ccc(F)c2ccccc12. The summed E-state index contributed by atoms with van der Waals surface area (Å²) in [5.74, 6) is 0.236. The Balaban J connectivity index is 1.82. The van der Waals surface area contributed by atoms with Crippen molar-refractivity contribution in [1.82, 2.24) is 5.32 Å². The van der Waals surface area contributed by atoms with Crippen molar-refractivity contribution >= 4 is 32.6 Å². The number of nitrogens with one attached hydrogen (secondary N) is 1. The summed E-state index contributed by atoms with van der Waals surface area (Å²) in [4.78, 5) is 12.6. The van der Waals surface area contributed by atoms with Crippen molar-refractivity contribution in [2.24, 2.45) is 5.92 Å². The lowest BCUT2D eigenvalue weighted by molar-refractivity contribution is 0.0955. The van der Waals surface area contributed by atoms with Crippen LogP contribution in [0.4, 0.5) is 4.39 Å². The lowest BCUT2D eigenvalue weighted by atomic mass is 10.0. The zero-order chi connectivity index (χ0) is 14.1. The highest BCUT2D eigenvalue weighted by Gasteiger charge is 2.29. The van der Waals surface area contributed by atoms with Crippen LogP contribution < -0.4 is 5.32 Å². The maximum atomic E-state index is 13.7. The first-order valence-electron chi connectivity index (χ1n) is 6.76. The zero-order valence-corrected chi connectivity index (χ0v) is 12.5. The first-order chi connectivity index (χ1) is 9.66. The molecule has 1 saturated carbocycles. The Bertz CT molecular complexity index is 654. The summed E-state index contributed by atoms with van der Waals surface area (Å²) in [5.41, 5.74) is 0.525. The van der Waals surface area contributed by atoms with Crippen LogP contribution in [0.1, 0.15) is 23.2 Å². The normalized spacial score (nSPS) is 16.1. The second kappa shape index (κ2) is 5.52. The molecule has 104 valence electrons. The Hall–Kier alpha value is -1.42. The van der Waals surface area contributed by atoms with Crippen LogP contribution in [-0.2, 0) is 0 Å². The van der Waals surface area contributed by atoms with Gasteiger partial charge in [-0.1, -0.05) is 40.2 Å². The molecule has 3 rings (SSSR count). The summed E-state index contributed by atoms with van der Waals surface area (Å²) in [6, 6.07) is 9.96. The van der Waals surface area contributed by atoms with Crippen molar-refractivity contribution in [2.45, 2.75) is 17.7 Å². The molecule has 1 unspecified atom stereocenters. The highest BCUT2D eigenvalue weighted by Crippen LogP contribution is 2.36. The topological polar surface area (TPSA) is 29.1 Å². The van der Waals surface area contributed by atoms with E-state index >= 15 is 0 Å². The molecule has 0 radical (unpaired) electrons. The van der Waals surface area contributed by atoms with E-state index in [1.54, 1.807) is 24.3 Å². The molecule has 1 amide bonds. The fourth-order valence-electron chi connectivity index (χ4n) is 2.37. The van der Waals surface area contributed by atoms with E-state index in [1.165, 1.54) is 18.9 Å². The van der Waals surface area contributed by atoms with Crippen LogP contribution in [0.2, 0.25) is 0 Å². The molecule has 0 heterocycles. The van der Waals surface area contributed by atoms with Gasteiger partial charge in [-0.25, -0.2) is 4.39 Å². The molecular formula is C16H15BrFNO. The predicted octanol–water partition coefficient (Wildman–Crippen LogP) is 3.88. The smallest absolute Gasteiger partial charge is 0.251 e. The molecule has 1 fully saturated rings. The minimum Gasteiger partial charge on any atom is -0.351 e. The van der Waals surface area contributed by atoms with Gasteiger partial charge in [0.25, 0.3) is 5.91 Å². The quantitative estimate of drug-likeness (QED) is 0.844. The number of hydrogen-bond acceptors (Lipinski definition) is 1. The number of carbonyl (C=O) groups is 1. The first kappa shape index (κ1) is 13.6. The van der Waals surface area contributed by atoms with Crippen LogP contribution in [0, 0.1) is 11.7 Å². The Morgan fingerprint density at radius 1 is 1.25 bits per heavy atom. The van der Waals surface area contributed by atoms with E-state index in [4.69, 9.17) is 0 Å². The van der Waals surface area contributed by atoms with Gasteiger partial charge < -0.3 is 5.32 Å². The molecule has 1 atom stereocenters. The largest absolute Gasteiger partial charge is 0.351 e. The molecule has 1 aliphatic carbocycles. The number of amides is 1. The fraction of sp³-hybridized carbons (Fsp3) is 0.312. The number of benzene rings is 2. The monoisotopic (exact) mass is 335 g/mol. The second-order valence-corrected chi connectivity index (χ2v) is 6.38. The Morgan fingerprint density at radius 3 is 2.65 bits per heavy atom. The zero-order valence-electron chi connectivity index (χ0n) is 10.9. The second-order valence-electron chi connectivity index (χ2n) is 5.20. The molecule has 0 aliphatic heterocycles. The molecule has 0 spiro atoms. The minimum atomic E-state index is -0.298. The molecule has 1 aliphatic rings. The Morgan fingerprint density at radius 2 is 1.95 bits per heavy atom. The molecule has 2 nitrogen and oxygen atoms in total. The van der Waals surface area contributed by atoms with Crippen LogP contribution >= 0.6 is 15.9 Å². The van der Waals surface area contributed by atoms with Gasteiger partial charge in [0, 0.05) is 22.3 Å². The van der Waals surface area contributed by atoms with Gasteiger partial charge in [-0.3, -0.25) is 4.79 Å². The van der Waals surface area contributed by atoms with Crippen molar-refractivity contribution in [3.63, 3.8) is 0 Å². The van der Waals surface area contributed by atoms with Gasteiger partial charge in [0.15, 0.2) is 0 Å². The molecule has 2 aromatic rings. The van der Waals surface area contributed by atoms with Crippen LogP contribution in [0.15, 0.2) is 36.4 Å². The van der Waals surface area contributed by atoms with Crippen molar-refractivity contribution in [1.29, 1.82) is 0 Å². The average Bonchev–Trinajstić information content (AvgIpc) is 3.30. The van der Waals surface area contributed by atoms with E-state index in [1.807, 2.05) is 6.07 Å². The molecule has 0 saturated heterocycles. The summed E-state index contributed by atoms with van der Waals surface area (Å²) >= 11 is 3.59. The Labute approximate surface area is 125 Å². The van der Waals surface area contributed by atoms with E-state index in [2.05, 4.69) is 21.2 Å². The minimum absolute atomic E-state index is 0.147. The van der Waals surface area contributed by atoms with Gasteiger partial charge in [-0.05, 0) is 36.3 Å². The van der Waals surface area contributed by atoms with Crippen LogP contribution in [0.3, 0.4) is 0 Å². The summed E-state index contributed by atoms with van der Waals surface area (Å²) in [6.45, 7) is 0.606. The highest BCUT2D eigenvalue weighted by atomic mass is 79.9. The van der Waals surface area contributed by atoms with Gasteiger partial charge >= 0.3 is 0 Å². The first-order valence-corrected chi connectivity index (χ1v) is 7.68. The molecule has 0 bridgehead atoms. The number of halogens is 2. The average molecular weight is 336 g/mol. The predicted molar refractivity (Wildman–Crippen MR) is 81.7 cm³/mol. The van der Waals surface area contributed by atoms with Crippen LogP contribution in [0.25, 0.3) is 10.8 Å². The molecule has 4 heteroatoms. The third-order valence-electron chi connectivity index (χ3n) is 3.71. The van der Waals surface area contributed by atoms with E-state index in [0.29, 0.717) is 33.6 Å². The van der Waals surface area contributed by atoms with Gasteiger partial charge in [0.2, 0.25) is 0 Å². The van der Waals surface area contributed by atoms with Gasteiger partial charge in [-0.15, -0.1) is 0 Å². The summed E-state index contributed by atoms with van der Waals surface area (Å²) in [6.07, 6.45) is 2.45. The van der Waals surface area contributed by atoms with E-state index in [0.717, 1.165) is 0 Å². The number of hydrogen-bond donors (Lipinski definition) is 1. The number of fused-ring (bicyclic) bond motifs is 1. The standard InChI is InChI=1S/C16H15BrFNO/c17-14(10-5-6-10)9-19-16(20)13-7-8-15(18)12-4-2-1-3-11(12)13/h1-4,7-8,10,14H,5-6,9H2,(H,19,20). The lowest BCUT2D eigenvalue weighted by Gasteiger charge is -2.11. The van der Waals surface area contributed by atoms with Gasteiger partial charge in [0.1, 0.15) is 5.82 Å². The molecule has 0 aromatic heterocycles. The summed E-state index contributed by atoms with van der Waals surface area (Å²) in [5, 5.41) is 4.06. The third kappa shape index (κ3) is 2.70. The van der Waals surface area contributed by atoms with Crippen molar-refractivity contribution in [3.05, 3.63) is 47.8 Å². The van der Waals surface area contributed by atoms with Crippen molar-refractivity contribution < 1.29 is 9.18 Å². The van der Waals surface area contributed by atoms with E-state index < -0.39 is 0 Å². The maximum absolute atomic E-state index is 13.7. The van der Waals surface area contributed by atoms with E-state index in [-0.39, 0.29) is 11.7 Å².